The largest absolute Gasteiger partial charge is 0.493 e. The van der Waals surface area contributed by atoms with Crippen molar-refractivity contribution in [2.24, 2.45) is 0 Å². The van der Waals surface area contributed by atoms with Crippen LogP contribution in [0.4, 0.5) is 4.39 Å². The molecule has 0 atom stereocenters. The van der Waals surface area contributed by atoms with E-state index in [1.807, 2.05) is 18.2 Å². The molecule has 0 saturated heterocycles. The maximum atomic E-state index is 13.0. The highest BCUT2D eigenvalue weighted by atomic mass is 79.9. The minimum atomic E-state index is -0.278. The third-order valence-corrected chi connectivity index (χ3v) is 4.17. The fourth-order valence-corrected chi connectivity index (χ4v) is 2.52. The second kappa shape index (κ2) is 7.09. The van der Waals surface area contributed by atoms with E-state index in [1.165, 1.54) is 12.1 Å². The molecule has 0 aliphatic carbocycles. The van der Waals surface area contributed by atoms with Gasteiger partial charge in [0.2, 0.25) is 0 Å². The van der Waals surface area contributed by atoms with Crippen LogP contribution in [0.1, 0.15) is 11.1 Å². The molecule has 0 radical (unpaired) electrons. The van der Waals surface area contributed by atoms with Crippen molar-refractivity contribution in [3.8, 4) is 11.5 Å². The van der Waals surface area contributed by atoms with Crippen molar-refractivity contribution >= 4 is 31.9 Å². The first-order chi connectivity index (χ1) is 9.63. The highest BCUT2D eigenvalue weighted by Gasteiger charge is 2.07. The molecule has 20 heavy (non-hydrogen) atoms. The van der Waals surface area contributed by atoms with Gasteiger partial charge in [-0.05, 0) is 29.8 Å². The van der Waals surface area contributed by atoms with Gasteiger partial charge in [0.25, 0.3) is 0 Å². The fourth-order valence-electron chi connectivity index (χ4n) is 1.71. The maximum absolute atomic E-state index is 13.0. The lowest BCUT2D eigenvalue weighted by Crippen LogP contribution is -1.99. The number of halogens is 3. The molecule has 2 aromatic rings. The SMILES string of the molecule is COc1cc(CBr)ccc1OCc1ccc(F)cc1Br. The molecule has 0 amide bonds. The Balaban J connectivity index is 2.14. The summed E-state index contributed by atoms with van der Waals surface area (Å²) in [7, 11) is 1.61. The Morgan fingerprint density at radius 1 is 1.10 bits per heavy atom. The predicted octanol–water partition coefficient (Wildman–Crippen LogP) is 5.07. The Bertz CT molecular complexity index is 602. The maximum Gasteiger partial charge on any atom is 0.161 e. The van der Waals surface area contributed by atoms with Crippen LogP contribution in [0.3, 0.4) is 0 Å². The average molecular weight is 404 g/mol. The second-order valence-electron chi connectivity index (χ2n) is 4.14. The molecule has 0 saturated carbocycles. The molecule has 5 heteroatoms. The monoisotopic (exact) mass is 402 g/mol. The molecule has 0 aromatic heterocycles. The first kappa shape index (κ1) is 15.3. The van der Waals surface area contributed by atoms with E-state index in [-0.39, 0.29) is 5.82 Å². The Morgan fingerprint density at radius 3 is 2.55 bits per heavy atom. The molecule has 2 nitrogen and oxygen atoms in total. The standard InChI is InChI=1S/C15H13Br2FO2/c1-19-15-6-10(8-16)2-5-14(15)20-9-11-3-4-12(18)7-13(11)17/h2-7H,8-9H2,1H3. The van der Waals surface area contributed by atoms with E-state index in [1.54, 1.807) is 13.2 Å². The Hall–Kier alpha value is -1.07. The van der Waals surface area contributed by atoms with Crippen LogP contribution in [0.5, 0.6) is 11.5 Å². The quantitative estimate of drug-likeness (QED) is 0.648. The summed E-state index contributed by atoms with van der Waals surface area (Å²) in [5, 5.41) is 0.757. The summed E-state index contributed by atoms with van der Waals surface area (Å²) < 4.78 is 24.8. The van der Waals surface area contributed by atoms with Gasteiger partial charge in [-0.2, -0.15) is 0 Å². The van der Waals surface area contributed by atoms with E-state index in [0.29, 0.717) is 22.6 Å². The van der Waals surface area contributed by atoms with Crippen LogP contribution in [0.25, 0.3) is 0 Å². The molecule has 2 aromatic carbocycles. The minimum Gasteiger partial charge on any atom is -0.493 e. The van der Waals surface area contributed by atoms with E-state index in [0.717, 1.165) is 16.5 Å². The average Bonchev–Trinajstić information content (AvgIpc) is 2.46. The molecule has 0 aliphatic heterocycles. The van der Waals surface area contributed by atoms with Crippen LogP contribution in [-0.2, 0) is 11.9 Å². The zero-order valence-corrected chi connectivity index (χ0v) is 14.0. The highest BCUT2D eigenvalue weighted by Crippen LogP contribution is 2.30. The number of ether oxygens (including phenoxy) is 2. The van der Waals surface area contributed by atoms with Gasteiger partial charge >= 0.3 is 0 Å². The summed E-state index contributed by atoms with van der Waals surface area (Å²) in [5.74, 6) is 1.06. The number of hydrogen-bond donors (Lipinski definition) is 0. The molecule has 0 N–H and O–H groups in total. The number of benzene rings is 2. The third kappa shape index (κ3) is 3.73. The zero-order chi connectivity index (χ0) is 14.5. The molecular weight excluding hydrogens is 391 g/mol. The normalized spacial score (nSPS) is 10.4. The van der Waals surface area contributed by atoms with E-state index in [2.05, 4.69) is 31.9 Å². The van der Waals surface area contributed by atoms with E-state index < -0.39 is 0 Å². The van der Waals surface area contributed by atoms with Gasteiger partial charge in [0.1, 0.15) is 12.4 Å². The summed E-state index contributed by atoms with van der Waals surface area (Å²) in [5.41, 5.74) is 1.98. The van der Waals surface area contributed by atoms with Crippen LogP contribution >= 0.6 is 31.9 Å². The highest BCUT2D eigenvalue weighted by molar-refractivity contribution is 9.10. The third-order valence-electron chi connectivity index (χ3n) is 2.78. The summed E-state index contributed by atoms with van der Waals surface area (Å²) in [6, 6.07) is 10.3. The van der Waals surface area contributed by atoms with Crippen molar-refractivity contribution < 1.29 is 13.9 Å². The Kier molecular flexibility index (Phi) is 5.43. The molecule has 2 rings (SSSR count). The number of alkyl halides is 1. The van der Waals surface area contributed by atoms with Crippen LogP contribution in [0.2, 0.25) is 0 Å². The molecule has 0 spiro atoms. The van der Waals surface area contributed by atoms with E-state index >= 15 is 0 Å². The number of hydrogen-bond acceptors (Lipinski definition) is 2. The molecule has 0 unspecified atom stereocenters. The zero-order valence-electron chi connectivity index (χ0n) is 10.8. The lowest BCUT2D eigenvalue weighted by molar-refractivity contribution is 0.283. The van der Waals surface area contributed by atoms with Gasteiger partial charge in [-0.15, -0.1) is 0 Å². The van der Waals surface area contributed by atoms with Gasteiger partial charge in [0, 0.05) is 15.4 Å². The first-order valence-corrected chi connectivity index (χ1v) is 7.85. The van der Waals surface area contributed by atoms with Crippen molar-refractivity contribution in [3.63, 3.8) is 0 Å². The molecule has 0 heterocycles. The van der Waals surface area contributed by atoms with Crippen LogP contribution < -0.4 is 9.47 Å². The second-order valence-corrected chi connectivity index (χ2v) is 5.56. The molecular formula is C15H13Br2FO2. The lowest BCUT2D eigenvalue weighted by Gasteiger charge is -2.12. The van der Waals surface area contributed by atoms with Gasteiger partial charge in [0.15, 0.2) is 11.5 Å². The topological polar surface area (TPSA) is 18.5 Å². The van der Waals surface area contributed by atoms with E-state index in [4.69, 9.17) is 9.47 Å². The minimum absolute atomic E-state index is 0.278. The summed E-state index contributed by atoms with van der Waals surface area (Å²) in [6.07, 6.45) is 0. The Morgan fingerprint density at radius 2 is 1.90 bits per heavy atom. The van der Waals surface area contributed by atoms with Crippen LogP contribution in [0, 0.1) is 5.82 Å². The molecule has 0 bridgehead atoms. The molecule has 0 aliphatic rings. The molecule has 0 fully saturated rings. The van der Waals surface area contributed by atoms with Crippen molar-refractivity contribution in [2.45, 2.75) is 11.9 Å². The van der Waals surface area contributed by atoms with Crippen LogP contribution in [-0.4, -0.2) is 7.11 Å². The van der Waals surface area contributed by atoms with Gasteiger partial charge in [-0.1, -0.05) is 44.0 Å². The molecule has 106 valence electrons. The van der Waals surface area contributed by atoms with Crippen molar-refractivity contribution in [1.29, 1.82) is 0 Å². The van der Waals surface area contributed by atoms with Crippen molar-refractivity contribution in [3.05, 3.63) is 57.8 Å². The Labute approximate surface area is 134 Å². The lowest BCUT2D eigenvalue weighted by atomic mass is 10.2. The van der Waals surface area contributed by atoms with Crippen molar-refractivity contribution in [1.82, 2.24) is 0 Å². The predicted molar refractivity (Wildman–Crippen MR) is 84.1 cm³/mol. The number of rotatable bonds is 5. The summed E-state index contributed by atoms with van der Waals surface area (Å²) >= 11 is 6.72. The number of methoxy groups -OCH3 is 1. The van der Waals surface area contributed by atoms with E-state index in [9.17, 15) is 4.39 Å². The van der Waals surface area contributed by atoms with Gasteiger partial charge in [0.05, 0.1) is 7.11 Å². The van der Waals surface area contributed by atoms with Gasteiger partial charge in [-0.25, -0.2) is 4.39 Å². The summed E-state index contributed by atoms with van der Waals surface area (Å²) in [4.78, 5) is 0. The van der Waals surface area contributed by atoms with Crippen LogP contribution in [0.15, 0.2) is 40.9 Å². The first-order valence-electron chi connectivity index (χ1n) is 5.93. The van der Waals surface area contributed by atoms with Gasteiger partial charge < -0.3 is 9.47 Å². The summed E-state index contributed by atoms with van der Waals surface area (Å²) in [6.45, 7) is 0.338. The smallest absolute Gasteiger partial charge is 0.161 e. The fraction of sp³-hybridized carbons (Fsp3) is 0.200. The van der Waals surface area contributed by atoms with Crippen molar-refractivity contribution in [2.75, 3.05) is 7.11 Å². The van der Waals surface area contributed by atoms with Gasteiger partial charge in [-0.3, -0.25) is 0 Å².